The van der Waals surface area contributed by atoms with Crippen molar-refractivity contribution in [2.45, 2.75) is 51.9 Å². The van der Waals surface area contributed by atoms with Crippen LogP contribution in [-0.4, -0.2) is 42.4 Å². The van der Waals surface area contributed by atoms with Gasteiger partial charge in [-0.2, -0.15) is 4.98 Å². The fraction of sp³-hybridized carbons (Fsp3) is 0.312. The highest BCUT2D eigenvalue weighted by molar-refractivity contribution is 5.86. The second kappa shape index (κ2) is 13.3. The van der Waals surface area contributed by atoms with Crippen molar-refractivity contribution in [2.75, 3.05) is 0 Å². The van der Waals surface area contributed by atoms with Crippen LogP contribution in [0, 0.1) is 17.7 Å². The molecular weight excluding hydrogens is 535 g/mol. The van der Waals surface area contributed by atoms with Crippen LogP contribution in [0.2, 0.25) is 0 Å². The number of aliphatic carboxylic acids is 1. The summed E-state index contributed by atoms with van der Waals surface area (Å²) in [6, 6.07) is 14.3. The van der Waals surface area contributed by atoms with Crippen LogP contribution in [0.15, 0.2) is 76.9 Å². The summed E-state index contributed by atoms with van der Waals surface area (Å²) in [5.74, 6) is -0.392. The zero-order valence-electron chi connectivity index (χ0n) is 23.5. The van der Waals surface area contributed by atoms with Crippen LogP contribution in [0.1, 0.15) is 56.7 Å². The quantitative estimate of drug-likeness (QED) is 0.145. The van der Waals surface area contributed by atoms with E-state index in [4.69, 9.17) is 4.52 Å². The van der Waals surface area contributed by atoms with Crippen LogP contribution in [0.4, 0.5) is 4.39 Å². The number of para-hydroxylation sites is 1. The largest absolute Gasteiger partial charge is 0.481 e. The predicted molar refractivity (Wildman–Crippen MR) is 158 cm³/mol. The normalized spacial score (nSPS) is 17.2. The lowest BCUT2D eigenvalue weighted by atomic mass is 9.90. The Balaban J connectivity index is 1.30. The number of benzene rings is 2. The molecule has 0 aliphatic heterocycles. The number of carbonyl (C=O) groups is 1. The van der Waals surface area contributed by atoms with Crippen LogP contribution in [0.5, 0.6) is 0 Å². The van der Waals surface area contributed by atoms with Gasteiger partial charge in [-0.05, 0) is 74.3 Å². The third-order valence-corrected chi connectivity index (χ3v) is 7.75. The third kappa shape index (κ3) is 6.43. The van der Waals surface area contributed by atoms with E-state index >= 15 is 0 Å². The second-order valence-electron chi connectivity index (χ2n) is 10.5. The van der Waals surface area contributed by atoms with Crippen LogP contribution in [0.3, 0.4) is 0 Å². The van der Waals surface area contributed by atoms with Crippen LogP contribution >= 0.6 is 0 Å². The van der Waals surface area contributed by atoms with Crippen LogP contribution in [0.25, 0.3) is 34.2 Å². The van der Waals surface area contributed by atoms with Gasteiger partial charge in [-0.25, -0.2) is 9.07 Å². The number of carboxylic acid groups (broad SMARTS) is 1. The van der Waals surface area contributed by atoms with Crippen molar-refractivity contribution in [1.82, 2.24) is 25.1 Å². The Hall–Kier alpha value is -4.73. The van der Waals surface area contributed by atoms with Crippen molar-refractivity contribution < 1.29 is 18.8 Å². The molecule has 2 aromatic carbocycles. The standard InChI is InChI=1S/C32H33FN6O3/c1-3-34-20-19-21(2)29-28(36-38-39(29)27-14-7-6-13-26(27)33)31-35-30(37-42-31)24-17-15-22(16-18-24)9-4-5-10-23-11-8-12-25(23)32(40)41/h3,6-7,13-20,23,25H,1,4-5,8-12H2,2H3,(H,40,41)/b21-19+,34-20?/t23?,25-/m0/s1. The van der Waals surface area contributed by atoms with E-state index in [0.29, 0.717) is 28.7 Å². The highest BCUT2D eigenvalue weighted by Gasteiger charge is 2.32. The number of aromatic nitrogens is 5. The summed E-state index contributed by atoms with van der Waals surface area (Å²) in [6.07, 6.45) is 11.5. The van der Waals surface area contributed by atoms with Crippen LogP contribution in [-0.2, 0) is 11.2 Å². The number of carboxylic acids is 1. The molecule has 0 spiro atoms. The van der Waals surface area contributed by atoms with Gasteiger partial charge < -0.3 is 9.63 Å². The van der Waals surface area contributed by atoms with Crippen molar-refractivity contribution in [3.8, 4) is 28.7 Å². The molecule has 2 heterocycles. The minimum Gasteiger partial charge on any atom is -0.481 e. The maximum atomic E-state index is 14.7. The topological polar surface area (TPSA) is 119 Å². The number of unbranched alkanes of at least 4 members (excludes halogenated alkanes) is 1. The Morgan fingerprint density at radius 2 is 2.00 bits per heavy atom. The van der Waals surface area contributed by atoms with E-state index in [1.165, 1.54) is 22.5 Å². The van der Waals surface area contributed by atoms with Crippen molar-refractivity contribution in [3.63, 3.8) is 0 Å². The molecule has 0 amide bonds. The molecule has 1 saturated carbocycles. The van der Waals surface area contributed by atoms with E-state index in [-0.39, 0.29) is 17.5 Å². The average Bonchev–Trinajstić information content (AvgIpc) is 3.76. The second-order valence-corrected chi connectivity index (χ2v) is 10.5. The highest BCUT2D eigenvalue weighted by Crippen LogP contribution is 2.35. The Kier molecular flexibility index (Phi) is 9.11. The van der Waals surface area contributed by atoms with Gasteiger partial charge in [-0.1, -0.05) is 66.2 Å². The molecule has 216 valence electrons. The van der Waals surface area contributed by atoms with Gasteiger partial charge in [0, 0.05) is 18.0 Å². The van der Waals surface area contributed by atoms with Crippen LogP contribution < -0.4 is 0 Å². The Morgan fingerprint density at radius 3 is 2.76 bits per heavy atom. The molecule has 2 atom stereocenters. The maximum Gasteiger partial charge on any atom is 0.306 e. The molecule has 2 aromatic heterocycles. The first kappa shape index (κ1) is 28.8. The van der Waals surface area contributed by atoms with Gasteiger partial charge >= 0.3 is 5.97 Å². The fourth-order valence-electron chi connectivity index (χ4n) is 5.57. The van der Waals surface area contributed by atoms with Crippen molar-refractivity contribution >= 4 is 17.8 Å². The summed E-state index contributed by atoms with van der Waals surface area (Å²) in [4.78, 5) is 20.0. The summed E-state index contributed by atoms with van der Waals surface area (Å²) in [7, 11) is 0. The number of hydrogen-bond acceptors (Lipinski definition) is 7. The van der Waals surface area contributed by atoms with Gasteiger partial charge in [-0.3, -0.25) is 9.79 Å². The lowest BCUT2D eigenvalue weighted by molar-refractivity contribution is -0.143. The van der Waals surface area contributed by atoms with Gasteiger partial charge in [0.1, 0.15) is 17.2 Å². The lowest BCUT2D eigenvalue weighted by Crippen LogP contribution is -2.18. The molecule has 10 heteroatoms. The number of hydrogen-bond donors (Lipinski definition) is 1. The SMILES string of the molecule is C=CN=C/C=C(\C)c1c(-c2nc(-c3ccc(CCCCC4CCC[C@@H]4C(=O)O)cc3)no2)nnn1-c1ccccc1F. The number of aryl methyl sites for hydroxylation is 1. The molecule has 1 N–H and O–H groups in total. The first-order valence-electron chi connectivity index (χ1n) is 14.1. The number of aliphatic imine (C=N–C) groups is 1. The van der Waals surface area contributed by atoms with Gasteiger partial charge in [0.05, 0.1) is 5.92 Å². The van der Waals surface area contributed by atoms with E-state index in [1.54, 1.807) is 30.5 Å². The van der Waals surface area contributed by atoms with E-state index in [0.717, 1.165) is 50.5 Å². The maximum absolute atomic E-state index is 14.7. The molecule has 5 rings (SSSR count). The van der Waals surface area contributed by atoms with Crippen molar-refractivity contribution in [2.24, 2.45) is 16.8 Å². The van der Waals surface area contributed by atoms with Crippen molar-refractivity contribution in [3.05, 3.63) is 84.5 Å². The summed E-state index contributed by atoms with van der Waals surface area (Å²) in [6.45, 7) is 5.42. The Morgan fingerprint density at radius 1 is 1.19 bits per heavy atom. The smallest absolute Gasteiger partial charge is 0.306 e. The van der Waals surface area contributed by atoms with Gasteiger partial charge in [0.15, 0.2) is 5.69 Å². The fourth-order valence-corrected chi connectivity index (χ4v) is 5.57. The van der Waals surface area contributed by atoms with E-state index in [9.17, 15) is 14.3 Å². The number of rotatable bonds is 12. The van der Waals surface area contributed by atoms with Gasteiger partial charge in [0.25, 0.3) is 5.89 Å². The van der Waals surface area contributed by atoms with Gasteiger partial charge in [0.2, 0.25) is 5.82 Å². The van der Waals surface area contributed by atoms with E-state index in [2.05, 4.69) is 32.0 Å². The zero-order chi connectivity index (χ0) is 29.5. The summed E-state index contributed by atoms with van der Waals surface area (Å²) in [5, 5.41) is 22.0. The summed E-state index contributed by atoms with van der Waals surface area (Å²) in [5.41, 5.74) is 3.74. The number of nitrogens with zero attached hydrogens (tertiary/aromatic N) is 6. The molecule has 9 nitrogen and oxygen atoms in total. The van der Waals surface area contributed by atoms with Crippen molar-refractivity contribution in [1.29, 1.82) is 0 Å². The first-order chi connectivity index (χ1) is 20.5. The minimum atomic E-state index is -0.645. The Labute approximate surface area is 243 Å². The average molecular weight is 569 g/mol. The van der Waals surface area contributed by atoms with Gasteiger partial charge in [-0.15, -0.1) is 5.10 Å². The predicted octanol–water partition coefficient (Wildman–Crippen LogP) is 6.95. The monoisotopic (exact) mass is 568 g/mol. The molecule has 0 radical (unpaired) electrons. The molecule has 1 unspecified atom stereocenters. The molecule has 42 heavy (non-hydrogen) atoms. The highest BCUT2D eigenvalue weighted by atomic mass is 19.1. The third-order valence-electron chi connectivity index (χ3n) is 7.75. The molecule has 0 saturated heterocycles. The number of halogens is 1. The number of allylic oxidation sites excluding steroid dienone is 2. The first-order valence-corrected chi connectivity index (χ1v) is 14.1. The molecule has 1 aliphatic carbocycles. The zero-order valence-corrected chi connectivity index (χ0v) is 23.5. The van der Waals surface area contributed by atoms with E-state index < -0.39 is 11.8 Å². The molecule has 0 bridgehead atoms. The minimum absolute atomic E-state index is 0.159. The molecule has 1 aliphatic rings. The molecular formula is C32H33FN6O3. The summed E-state index contributed by atoms with van der Waals surface area (Å²) < 4.78 is 21.7. The molecule has 4 aromatic rings. The molecule has 1 fully saturated rings. The lowest BCUT2D eigenvalue weighted by Gasteiger charge is -2.15. The Bertz CT molecular complexity index is 1600. The summed E-state index contributed by atoms with van der Waals surface area (Å²) >= 11 is 0. The van der Waals surface area contributed by atoms with E-state index in [1.807, 2.05) is 31.2 Å².